The number of nitro groups is 1. The highest BCUT2D eigenvalue weighted by Gasteiger charge is 2.05. The number of nitrogens with zero attached hydrogens (tertiary/aromatic N) is 1. The van der Waals surface area contributed by atoms with Crippen LogP contribution in [0.15, 0.2) is 30.3 Å². The number of carbonyl (C=O) groups excluding carboxylic acids is 1. The van der Waals surface area contributed by atoms with Gasteiger partial charge in [0.25, 0.3) is 5.69 Å². The number of aliphatic hydroxyl groups excluding tert-OH is 1. The number of nitrogens with one attached hydrogen (secondary N) is 1. The van der Waals surface area contributed by atoms with E-state index in [0.717, 1.165) is 0 Å². The highest BCUT2D eigenvalue weighted by atomic mass is 16.6. The Morgan fingerprint density at radius 1 is 1.61 bits per heavy atom. The van der Waals surface area contributed by atoms with Crippen molar-refractivity contribution < 1.29 is 14.8 Å². The molecule has 0 unspecified atom stereocenters. The quantitative estimate of drug-likeness (QED) is 0.465. The zero-order chi connectivity index (χ0) is 13.5. The number of nitro benzene ring substituents is 1. The summed E-state index contributed by atoms with van der Waals surface area (Å²) in [7, 11) is 0. The normalized spacial score (nSPS) is 12.3. The SMILES string of the molecule is C[C@@H](CO)NC(=O)C=Cc1cccc([N+](=O)[O-])c1. The van der Waals surface area contributed by atoms with Crippen LogP contribution in [0.4, 0.5) is 5.69 Å². The second kappa shape index (κ2) is 6.51. The molecular formula is C12H14N2O4. The van der Waals surface area contributed by atoms with E-state index in [0.29, 0.717) is 5.56 Å². The van der Waals surface area contributed by atoms with Crippen molar-refractivity contribution in [3.63, 3.8) is 0 Å². The largest absolute Gasteiger partial charge is 0.394 e. The van der Waals surface area contributed by atoms with Crippen molar-refractivity contribution in [3.8, 4) is 0 Å². The van der Waals surface area contributed by atoms with Gasteiger partial charge >= 0.3 is 0 Å². The summed E-state index contributed by atoms with van der Waals surface area (Å²) in [5, 5.41) is 21.8. The van der Waals surface area contributed by atoms with Gasteiger partial charge in [-0.25, -0.2) is 0 Å². The van der Waals surface area contributed by atoms with Crippen LogP contribution in [0.25, 0.3) is 6.08 Å². The van der Waals surface area contributed by atoms with Gasteiger partial charge in [-0.15, -0.1) is 0 Å². The summed E-state index contributed by atoms with van der Waals surface area (Å²) < 4.78 is 0. The summed E-state index contributed by atoms with van der Waals surface area (Å²) in [5.74, 6) is -0.358. The molecule has 0 spiro atoms. The third-order valence-corrected chi connectivity index (χ3v) is 2.17. The minimum absolute atomic E-state index is 0.0266. The fraction of sp³-hybridized carbons (Fsp3) is 0.250. The second-order valence-corrected chi connectivity index (χ2v) is 3.78. The molecule has 0 saturated heterocycles. The van der Waals surface area contributed by atoms with Crippen LogP contribution in [0.1, 0.15) is 12.5 Å². The molecular weight excluding hydrogens is 236 g/mol. The maximum Gasteiger partial charge on any atom is 0.270 e. The fourth-order valence-corrected chi connectivity index (χ4v) is 1.25. The number of aliphatic hydroxyl groups is 1. The summed E-state index contributed by atoms with van der Waals surface area (Å²) in [4.78, 5) is 21.4. The van der Waals surface area contributed by atoms with Crippen LogP contribution < -0.4 is 5.32 Å². The molecule has 96 valence electrons. The predicted octanol–water partition coefficient (Wildman–Crippen LogP) is 1.11. The molecule has 1 aromatic rings. The van der Waals surface area contributed by atoms with Gasteiger partial charge in [0.1, 0.15) is 0 Å². The van der Waals surface area contributed by atoms with Gasteiger partial charge in [-0.05, 0) is 18.6 Å². The number of hydrogen-bond acceptors (Lipinski definition) is 4. The molecule has 18 heavy (non-hydrogen) atoms. The van der Waals surface area contributed by atoms with Crippen molar-refractivity contribution in [1.29, 1.82) is 0 Å². The highest BCUT2D eigenvalue weighted by Crippen LogP contribution is 2.13. The predicted molar refractivity (Wildman–Crippen MR) is 66.8 cm³/mol. The average Bonchev–Trinajstić information content (AvgIpc) is 2.36. The molecule has 0 bridgehead atoms. The third-order valence-electron chi connectivity index (χ3n) is 2.17. The standard InChI is InChI=1S/C12H14N2O4/c1-9(8-15)13-12(16)6-5-10-3-2-4-11(7-10)14(17)18/h2-7,9,15H,8H2,1H3,(H,13,16)/t9-/m0/s1. The Morgan fingerprint density at radius 2 is 2.33 bits per heavy atom. The van der Waals surface area contributed by atoms with Crippen molar-refractivity contribution in [1.82, 2.24) is 5.32 Å². The van der Waals surface area contributed by atoms with Crippen molar-refractivity contribution in [2.45, 2.75) is 13.0 Å². The first kappa shape index (κ1) is 13.9. The minimum Gasteiger partial charge on any atom is -0.394 e. The molecule has 1 amide bonds. The zero-order valence-electron chi connectivity index (χ0n) is 9.87. The Balaban J connectivity index is 2.69. The van der Waals surface area contributed by atoms with Crippen molar-refractivity contribution >= 4 is 17.7 Å². The Hall–Kier alpha value is -2.21. The lowest BCUT2D eigenvalue weighted by Crippen LogP contribution is -2.33. The molecule has 2 N–H and O–H groups in total. The topological polar surface area (TPSA) is 92.5 Å². The van der Waals surface area contributed by atoms with Crippen molar-refractivity contribution in [3.05, 3.63) is 46.0 Å². The van der Waals surface area contributed by atoms with Gasteiger partial charge < -0.3 is 10.4 Å². The molecule has 6 heteroatoms. The minimum atomic E-state index is -0.495. The smallest absolute Gasteiger partial charge is 0.270 e. The molecule has 0 radical (unpaired) electrons. The average molecular weight is 250 g/mol. The van der Waals surface area contributed by atoms with Crippen LogP contribution in [-0.4, -0.2) is 28.6 Å². The number of hydrogen-bond donors (Lipinski definition) is 2. The van der Waals surface area contributed by atoms with E-state index in [1.165, 1.54) is 24.3 Å². The summed E-state index contributed by atoms with van der Waals surface area (Å²) in [6, 6.07) is 5.63. The summed E-state index contributed by atoms with van der Waals surface area (Å²) >= 11 is 0. The van der Waals surface area contributed by atoms with E-state index in [4.69, 9.17) is 5.11 Å². The van der Waals surface area contributed by atoms with Gasteiger partial charge in [-0.2, -0.15) is 0 Å². The third kappa shape index (κ3) is 4.34. The fourth-order valence-electron chi connectivity index (χ4n) is 1.25. The first-order valence-corrected chi connectivity index (χ1v) is 5.37. The van der Waals surface area contributed by atoms with Gasteiger partial charge in [0, 0.05) is 24.3 Å². The number of rotatable bonds is 5. The van der Waals surface area contributed by atoms with E-state index in [1.54, 1.807) is 19.1 Å². The molecule has 0 aliphatic heterocycles. The van der Waals surface area contributed by atoms with Gasteiger partial charge in [-0.1, -0.05) is 12.1 Å². The molecule has 1 aromatic carbocycles. The summed E-state index contributed by atoms with van der Waals surface area (Å²) in [5.41, 5.74) is 0.539. The van der Waals surface area contributed by atoms with Gasteiger partial charge in [-0.3, -0.25) is 14.9 Å². The van der Waals surface area contributed by atoms with Gasteiger partial charge in [0.15, 0.2) is 0 Å². The Kier molecular flexibility index (Phi) is 5.01. The van der Waals surface area contributed by atoms with E-state index in [-0.39, 0.29) is 24.2 Å². The van der Waals surface area contributed by atoms with Crippen LogP contribution in [-0.2, 0) is 4.79 Å². The first-order valence-electron chi connectivity index (χ1n) is 5.37. The number of amides is 1. The van der Waals surface area contributed by atoms with Crippen LogP contribution in [0.5, 0.6) is 0 Å². The lowest BCUT2D eigenvalue weighted by molar-refractivity contribution is -0.384. The monoisotopic (exact) mass is 250 g/mol. The van der Waals surface area contributed by atoms with Crippen LogP contribution in [0, 0.1) is 10.1 Å². The van der Waals surface area contributed by atoms with Crippen LogP contribution >= 0.6 is 0 Å². The Labute approximate surface area is 104 Å². The molecule has 0 aliphatic rings. The first-order chi connectivity index (χ1) is 8.52. The van der Waals surface area contributed by atoms with Gasteiger partial charge in [0.2, 0.25) is 5.91 Å². The number of carbonyl (C=O) groups is 1. The maximum absolute atomic E-state index is 11.4. The lowest BCUT2D eigenvalue weighted by atomic mass is 10.2. The Morgan fingerprint density at radius 3 is 2.94 bits per heavy atom. The molecule has 0 fully saturated rings. The van der Waals surface area contributed by atoms with Crippen molar-refractivity contribution in [2.75, 3.05) is 6.61 Å². The van der Waals surface area contributed by atoms with E-state index >= 15 is 0 Å². The molecule has 0 saturated carbocycles. The molecule has 0 aliphatic carbocycles. The molecule has 1 rings (SSSR count). The lowest BCUT2D eigenvalue weighted by Gasteiger charge is -2.07. The van der Waals surface area contributed by atoms with Crippen LogP contribution in [0.2, 0.25) is 0 Å². The molecule has 6 nitrogen and oxygen atoms in total. The molecule has 0 heterocycles. The van der Waals surface area contributed by atoms with Crippen LogP contribution in [0.3, 0.4) is 0 Å². The van der Waals surface area contributed by atoms with E-state index in [1.807, 2.05) is 0 Å². The molecule has 1 atom stereocenters. The summed E-state index contributed by atoms with van der Waals surface area (Å²) in [6.07, 6.45) is 2.75. The van der Waals surface area contributed by atoms with E-state index in [2.05, 4.69) is 5.32 Å². The van der Waals surface area contributed by atoms with E-state index in [9.17, 15) is 14.9 Å². The van der Waals surface area contributed by atoms with Crippen molar-refractivity contribution in [2.24, 2.45) is 0 Å². The van der Waals surface area contributed by atoms with Gasteiger partial charge in [0.05, 0.1) is 11.5 Å². The summed E-state index contributed by atoms with van der Waals surface area (Å²) in [6.45, 7) is 1.52. The Bertz CT molecular complexity index is 471. The zero-order valence-corrected chi connectivity index (χ0v) is 9.87. The van der Waals surface area contributed by atoms with E-state index < -0.39 is 4.92 Å². The molecule has 0 aromatic heterocycles. The highest BCUT2D eigenvalue weighted by molar-refractivity contribution is 5.91. The maximum atomic E-state index is 11.4. The second-order valence-electron chi connectivity index (χ2n) is 3.78. The number of benzene rings is 1. The number of non-ortho nitro benzene ring substituents is 1.